The summed E-state index contributed by atoms with van der Waals surface area (Å²) in [7, 11) is 2.90. The van der Waals surface area contributed by atoms with Crippen molar-refractivity contribution in [2.24, 2.45) is 0 Å². The van der Waals surface area contributed by atoms with E-state index >= 15 is 0 Å². The Hall–Kier alpha value is -3.09. The summed E-state index contributed by atoms with van der Waals surface area (Å²) in [5.41, 5.74) is 2.90. The second-order valence-electron chi connectivity index (χ2n) is 5.34. The average molecular weight is 327 g/mol. The Labute approximate surface area is 138 Å². The lowest BCUT2D eigenvalue weighted by atomic mass is 10.0. The van der Waals surface area contributed by atoms with Gasteiger partial charge < -0.3 is 14.8 Å². The molecule has 0 aliphatic carbocycles. The molecule has 0 fully saturated rings. The van der Waals surface area contributed by atoms with Crippen LogP contribution in [0.5, 0.6) is 5.75 Å². The van der Waals surface area contributed by atoms with Crippen LogP contribution in [0.2, 0.25) is 0 Å². The standard InChI is InChI=1S/C17H17N3O4/c1-10-16(11-4-6-13(23-2)7-5-11)17-18-12(9-15(22)24-3)8-14(21)20(17)19-10/h4-7,9,18H,8H2,1-3H3/b12-9+. The van der Waals surface area contributed by atoms with Crippen molar-refractivity contribution in [2.75, 3.05) is 19.5 Å². The first-order valence-electron chi connectivity index (χ1n) is 7.36. The minimum absolute atomic E-state index is 0.0608. The van der Waals surface area contributed by atoms with E-state index in [0.29, 0.717) is 11.5 Å². The topological polar surface area (TPSA) is 82.5 Å². The summed E-state index contributed by atoms with van der Waals surface area (Å²) in [6.07, 6.45) is 1.34. The summed E-state index contributed by atoms with van der Waals surface area (Å²) in [5, 5.41) is 7.43. The van der Waals surface area contributed by atoms with Crippen molar-refractivity contribution in [1.29, 1.82) is 0 Å². The highest BCUT2D eigenvalue weighted by atomic mass is 16.5. The number of benzene rings is 1. The van der Waals surface area contributed by atoms with Crippen LogP contribution in [0.15, 0.2) is 36.0 Å². The molecule has 1 aromatic carbocycles. The molecule has 24 heavy (non-hydrogen) atoms. The number of carbonyl (C=O) groups excluding carboxylic acids is 2. The maximum absolute atomic E-state index is 12.3. The van der Waals surface area contributed by atoms with Crippen molar-refractivity contribution in [3.05, 3.63) is 41.7 Å². The van der Waals surface area contributed by atoms with E-state index in [1.54, 1.807) is 7.11 Å². The van der Waals surface area contributed by atoms with E-state index in [2.05, 4.69) is 15.2 Å². The molecule has 3 rings (SSSR count). The van der Waals surface area contributed by atoms with Gasteiger partial charge in [-0.15, -0.1) is 0 Å². The molecule has 0 unspecified atom stereocenters. The van der Waals surface area contributed by atoms with Gasteiger partial charge >= 0.3 is 5.97 Å². The Balaban J connectivity index is 2.06. The number of fused-ring (bicyclic) bond motifs is 1. The highest BCUT2D eigenvalue weighted by molar-refractivity contribution is 5.95. The van der Waals surface area contributed by atoms with E-state index < -0.39 is 5.97 Å². The zero-order valence-electron chi connectivity index (χ0n) is 13.6. The number of aryl methyl sites for hydroxylation is 1. The van der Waals surface area contributed by atoms with Crippen LogP contribution in [0, 0.1) is 6.92 Å². The Morgan fingerprint density at radius 2 is 2.00 bits per heavy atom. The van der Waals surface area contributed by atoms with E-state index in [1.165, 1.54) is 17.9 Å². The lowest BCUT2D eigenvalue weighted by Gasteiger charge is -2.19. The first-order valence-corrected chi connectivity index (χ1v) is 7.36. The van der Waals surface area contributed by atoms with Crippen LogP contribution in [0.3, 0.4) is 0 Å². The lowest BCUT2D eigenvalue weighted by molar-refractivity contribution is -0.134. The number of hydrogen-bond donors (Lipinski definition) is 1. The fourth-order valence-corrected chi connectivity index (χ4v) is 2.65. The molecular formula is C17H17N3O4. The van der Waals surface area contributed by atoms with Crippen LogP contribution in [0.25, 0.3) is 11.1 Å². The Morgan fingerprint density at radius 1 is 1.29 bits per heavy atom. The molecule has 7 nitrogen and oxygen atoms in total. The van der Waals surface area contributed by atoms with Crippen molar-refractivity contribution in [3.63, 3.8) is 0 Å². The van der Waals surface area contributed by atoms with Gasteiger partial charge in [-0.05, 0) is 24.6 Å². The molecule has 0 amide bonds. The third kappa shape index (κ3) is 2.76. The van der Waals surface area contributed by atoms with Gasteiger partial charge in [0.25, 0.3) is 5.91 Å². The van der Waals surface area contributed by atoms with Crippen LogP contribution in [-0.4, -0.2) is 35.9 Å². The minimum Gasteiger partial charge on any atom is -0.497 e. The first-order chi connectivity index (χ1) is 11.5. The monoisotopic (exact) mass is 327 g/mol. The molecule has 2 heterocycles. The van der Waals surface area contributed by atoms with Gasteiger partial charge in [-0.2, -0.15) is 9.78 Å². The lowest BCUT2D eigenvalue weighted by Crippen LogP contribution is -2.24. The second kappa shape index (κ2) is 6.19. The SMILES string of the molecule is COC(=O)/C=C1\CC(=O)n2nc(C)c(-c3ccc(OC)cc3)c2N1. The van der Waals surface area contributed by atoms with Gasteiger partial charge in [0.2, 0.25) is 0 Å². The number of rotatable bonds is 3. The van der Waals surface area contributed by atoms with Gasteiger partial charge in [0.05, 0.1) is 26.3 Å². The number of esters is 1. The van der Waals surface area contributed by atoms with Gasteiger partial charge in [0.1, 0.15) is 11.6 Å². The molecular weight excluding hydrogens is 310 g/mol. The van der Waals surface area contributed by atoms with Crippen LogP contribution in [0.1, 0.15) is 16.9 Å². The number of carbonyl (C=O) groups is 2. The number of hydrogen-bond acceptors (Lipinski definition) is 6. The van der Waals surface area contributed by atoms with E-state index in [-0.39, 0.29) is 12.3 Å². The van der Waals surface area contributed by atoms with E-state index in [1.807, 2.05) is 31.2 Å². The number of methoxy groups -OCH3 is 2. The zero-order valence-corrected chi connectivity index (χ0v) is 13.6. The van der Waals surface area contributed by atoms with E-state index in [0.717, 1.165) is 22.6 Å². The van der Waals surface area contributed by atoms with Gasteiger partial charge in [-0.1, -0.05) is 12.1 Å². The summed E-state index contributed by atoms with van der Waals surface area (Å²) in [6.45, 7) is 1.84. The van der Waals surface area contributed by atoms with Crippen LogP contribution in [0.4, 0.5) is 5.82 Å². The number of anilines is 1. The number of aromatic nitrogens is 2. The highest BCUT2D eigenvalue weighted by Crippen LogP contribution is 2.35. The predicted octanol–water partition coefficient (Wildman–Crippen LogP) is 2.38. The number of allylic oxidation sites excluding steroid dienone is 1. The third-order valence-corrected chi connectivity index (χ3v) is 3.79. The molecule has 1 aliphatic heterocycles. The molecule has 0 atom stereocenters. The zero-order chi connectivity index (χ0) is 17.3. The molecule has 2 aromatic rings. The summed E-state index contributed by atoms with van der Waals surface area (Å²) >= 11 is 0. The van der Waals surface area contributed by atoms with Gasteiger partial charge in [-0.25, -0.2) is 4.79 Å². The molecule has 0 spiro atoms. The Morgan fingerprint density at radius 3 is 2.62 bits per heavy atom. The molecule has 0 saturated heterocycles. The molecule has 0 radical (unpaired) electrons. The molecule has 0 saturated carbocycles. The van der Waals surface area contributed by atoms with Crippen molar-refractivity contribution >= 4 is 17.7 Å². The summed E-state index contributed by atoms with van der Waals surface area (Å²) in [6, 6.07) is 7.48. The first kappa shape index (κ1) is 15.8. The van der Waals surface area contributed by atoms with Crippen molar-refractivity contribution in [2.45, 2.75) is 13.3 Å². The van der Waals surface area contributed by atoms with E-state index in [4.69, 9.17) is 4.74 Å². The molecule has 124 valence electrons. The van der Waals surface area contributed by atoms with Gasteiger partial charge in [-0.3, -0.25) is 4.79 Å². The van der Waals surface area contributed by atoms with E-state index in [9.17, 15) is 9.59 Å². The molecule has 0 bridgehead atoms. The number of ether oxygens (including phenoxy) is 2. The van der Waals surface area contributed by atoms with Crippen molar-refractivity contribution < 1.29 is 19.1 Å². The molecule has 1 N–H and O–H groups in total. The smallest absolute Gasteiger partial charge is 0.332 e. The quantitative estimate of drug-likeness (QED) is 0.688. The third-order valence-electron chi connectivity index (χ3n) is 3.79. The summed E-state index contributed by atoms with van der Waals surface area (Å²) in [4.78, 5) is 23.8. The largest absolute Gasteiger partial charge is 0.497 e. The van der Waals surface area contributed by atoms with Crippen LogP contribution >= 0.6 is 0 Å². The normalized spacial score (nSPS) is 15.0. The Kier molecular flexibility index (Phi) is 4.07. The molecule has 7 heteroatoms. The fraction of sp³-hybridized carbons (Fsp3) is 0.235. The molecule has 1 aliphatic rings. The summed E-state index contributed by atoms with van der Waals surface area (Å²) < 4.78 is 11.1. The van der Waals surface area contributed by atoms with Crippen molar-refractivity contribution in [1.82, 2.24) is 9.78 Å². The maximum atomic E-state index is 12.3. The number of nitrogens with zero attached hydrogens (tertiary/aromatic N) is 2. The maximum Gasteiger partial charge on any atom is 0.332 e. The van der Waals surface area contributed by atoms with Crippen LogP contribution in [-0.2, 0) is 9.53 Å². The summed E-state index contributed by atoms with van der Waals surface area (Å²) in [5.74, 6) is 0.569. The fourth-order valence-electron chi connectivity index (χ4n) is 2.65. The van der Waals surface area contributed by atoms with Crippen molar-refractivity contribution in [3.8, 4) is 16.9 Å². The second-order valence-corrected chi connectivity index (χ2v) is 5.34. The predicted molar refractivity (Wildman–Crippen MR) is 87.9 cm³/mol. The minimum atomic E-state index is -0.513. The highest BCUT2D eigenvalue weighted by Gasteiger charge is 2.27. The Bertz CT molecular complexity index is 834. The number of nitrogens with one attached hydrogen (secondary N) is 1. The van der Waals surface area contributed by atoms with Gasteiger partial charge in [0.15, 0.2) is 0 Å². The average Bonchev–Trinajstić information content (AvgIpc) is 2.91. The van der Waals surface area contributed by atoms with Crippen LogP contribution < -0.4 is 10.1 Å². The molecule has 1 aromatic heterocycles. The van der Waals surface area contributed by atoms with Gasteiger partial charge in [0, 0.05) is 17.3 Å².